The Bertz CT molecular complexity index is 315. The van der Waals surface area contributed by atoms with Crippen LogP contribution in [-0.2, 0) is 0 Å². The van der Waals surface area contributed by atoms with E-state index in [1.807, 2.05) is 6.07 Å². The van der Waals surface area contributed by atoms with Gasteiger partial charge in [-0.3, -0.25) is 0 Å². The first-order chi connectivity index (χ1) is 8.77. The second-order valence-electron chi connectivity index (χ2n) is 4.95. The van der Waals surface area contributed by atoms with E-state index in [-0.39, 0.29) is 0 Å². The summed E-state index contributed by atoms with van der Waals surface area (Å²) in [5.41, 5.74) is 1.38. The highest BCUT2D eigenvalue weighted by molar-refractivity contribution is 6.30. The predicted molar refractivity (Wildman–Crippen MR) is 81.5 cm³/mol. The Morgan fingerprint density at radius 1 is 1.17 bits per heavy atom. The maximum absolute atomic E-state index is 6.09. The third-order valence-corrected chi connectivity index (χ3v) is 3.53. The van der Waals surface area contributed by atoms with E-state index in [9.17, 15) is 0 Å². The summed E-state index contributed by atoms with van der Waals surface area (Å²) in [6, 6.07) is 8.33. The van der Waals surface area contributed by atoms with Crippen molar-refractivity contribution in [3.05, 3.63) is 34.9 Å². The number of benzene rings is 1. The molecule has 0 radical (unpaired) electrons. The number of rotatable bonds is 9. The number of hydrogen-bond donors (Lipinski definition) is 1. The van der Waals surface area contributed by atoms with Crippen LogP contribution in [0.15, 0.2) is 24.3 Å². The number of halogens is 1. The van der Waals surface area contributed by atoms with Crippen molar-refractivity contribution in [2.75, 3.05) is 13.1 Å². The molecule has 0 fully saturated rings. The van der Waals surface area contributed by atoms with Crippen LogP contribution in [0.5, 0.6) is 0 Å². The van der Waals surface area contributed by atoms with Crippen LogP contribution in [0.4, 0.5) is 0 Å². The van der Waals surface area contributed by atoms with Crippen LogP contribution in [0.1, 0.15) is 57.4 Å². The van der Waals surface area contributed by atoms with Gasteiger partial charge in [0.1, 0.15) is 0 Å². The van der Waals surface area contributed by atoms with E-state index < -0.39 is 0 Å². The average Bonchev–Trinajstić information content (AvgIpc) is 2.37. The molecule has 1 atom stereocenters. The monoisotopic (exact) mass is 267 g/mol. The summed E-state index contributed by atoms with van der Waals surface area (Å²) in [5, 5.41) is 4.39. The molecule has 0 aliphatic rings. The predicted octanol–water partition coefficient (Wildman–Crippen LogP) is 5.00. The lowest BCUT2D eigenvalue weighted by Crippen LogP contribution is -2.22. The topological polar surface area (TPSA) is 12.0 Å². The highest BCUT2D eigenvalue weighted by Gasteiger charge is 2.11. The van der Waals surface area contributed by atoms with Crippen molar-refractivity contribution in [1.29, 1.82) is 0 Å². The van der Waals surface area contributed by atoms with Gasteiger partial charge in [-0.25, -0.2) is 0 Å². The Labute approximate surface area is 117 Å². The number of hydrogen-bond acceptors (Lipinski definition) is 1. The number of unbranched alkanes of at least 4 members (excludes halogenated alkanes) is 2. The molecule has 1 rings (SSSR count). The first-order valence-corrected chi connectivity index (χ1v) is 7.61. The standard InChI is InChI=1S/C16H26ClN/c1-3-5-6-8-15(13-18-11-4-2)14-9-7-10-16(17)12-14/h7,9-10,12,15,18H,3-6,8,11,13H2,1-2H3. The molecule has 1 aromatic carbocycles. The van der Waals surface area contributed by atoms with E-state index in [2.05, 4.69) is 37.4 Å². The van der Waals surface area contributed by atoms with Gasteiger partial charge in [-0.15, -0.1) is 0 Å². The lowest BCUT2D eigenvalue weighted by molar-refractivity contribution is 0.519. The molecule has 1 nitrogen and oxygen atoms in total. The summed E-state index contributed by atoms with van der Waals surface area (Å²) in [6.07, 6.45) is 6.36. The third kappa shape index (κ3) is 5.88. The van der Waals surface area contributed by atoms with Crippen LogP contribution in [0, 0.1) is 0 Å². The Morgan fingerprint density at radius 2 is 2.00 bits per heavy atom. The first-order valence-electron chi connectivity index (χ1n) is 7.24. The largest absolute Gasteiger partial charge is 0.316 e. The highest BCUT2D eigenvalue weighted by atomic mass is 35.5. The first kappa shape index (κ1) is 15.5. The normalized spacial score (nSPS) is 12.6. The summed E-state index contributed by atoms with van der Waals surface area (Å²) >= 11 is 6.09. The fourth-order valence-corrected chi connectivity index (χ4v) is 2.44. The van der Waals surface area contributed by atoms with E-state index in [4.69, 9.17) is 11.6 Å². The van der Waals surface area contributed by atoms with Gasteiger partial charge in [0.2, 0.25) is 0 Å². The molecule has 0 aromatic heterocycles. The van der Waals surface area contributed by atoms with Gasteiger partial charge in [0.25, 0.3) is 0 Å². The van der Waals surface area contributed by atoms with E-state index in [1.165, 1.54) is 37.7 Å². The molecule has 0 bridgehead atoms. The average molecular weight is 268 g/mol. The Balaban J connectivity index is 2.57. The van der Waals surface area contributed by atoms with E-state index >= 15 is 0 Å². The van der Waals surface area contributed by atoms with Gasteiger partial charge >= 0.3 is 0 Å². The minimum Gasteiger partial charge on any atom is -0.316 e. The maximum Gasteiger partial charge on any atom is 0.0408 e. The van der Waals surface area contributed by atoms with Crippen LogP contribution in [0.3, 0.4) is 0 Å². The molecule has 1 unspecified atom stereocenters. The van der Waals surface area contributed by atoms with E-state index in [0.29, 0.717) is 5.92 Å². The summed E-state index contributed by atoms with van der Waals surface area (Å²) in [4.78, 5) is 0. The smallest absolute Gasteiger partial charge is 0.0408 e. The summed E-state index contributed by atoms with van der Waals surface area (Å²) < 4.78 is 0. The zero-order valence-electron chi connectivity index (χ0n) is 11.7. The summed E-state index contributed by atoms with van der Waals surface area (Å²) in [6.45, 7) is 6.63. The molecule has 18 heavy (non-hydrogen) atoms. The molecule has 0 aliphatic heterocycles. The highest BCUT2D eigenvalue weighted by Crippen LogP contribution is 2.24. The van der Waals surface area contributed by atoms with Gasteiger partial charge in [-0.2, -0.15) is 0 Å². The second kappa shape index (κ2) is 9.41. The van der Waals surface area contributed by atoms with Gasteiger partial charge in [-0.1, -0.05) is 56.8 Å². The molecule has 1 N–H and O–H groups in total. The summed E-state index contributed by atoms with van der Waals surface area (Å²) in [5.74, 6) is 0.599. The second-order valence-corrected chi connectivity index (χ2v) is 5.39. The molecule has 0 spiro atoms. The molecule has 0 aliphatic carbocycles. The fourth-order valence-electron chi connectivity index (χ4n) is 2.24. The molecule has 2 heteroatoms. The van der Waals surface area contributed by atoms with Crippen molar-refractivity contribution in [3.63, 3.8) is 0 Å². The molecular formula is C16H26ClN. The lowest BCUT2D eigenvalue weighted by atomic mass is 9.93. The van der Waals surface area contributed by atoms with Crippen molar-refractivity contribution in [3.8, 4) is 0 Å². The van der Waals surface area contributed by atoms with Crippen molar-refractivity contribution < 1.29 is 0 Å². The molecule has 1 aromatic rings. The minimum absolute atomic E-state index is 0.599. The lowest BCUT2D eigenvalue weighted by Gasteiger charge is -2.18. The van der Waals surface area contributed by atoms with Crippen LogP contribution in [-0.4, -0.2) is 13.1 Å². The molecule has 0 saturated heterocycles. The van der Waals surface area contributed by atoms with Crippen molar-refractivity contribution in [2.45, 2.75) is 51.9 Å². The van der Waals surface area contributed by atoms with E-state index in [1.54, 1.807) is 0 Å². The van der Waals surface area contributed by atoms with Gasteiger partial charge in [-0.05, 0) is 43.0 Å². The van der Waals surface area contributed by atoms with Gasteiger partial charge in [0.05, 0.1) is 0 Å². The van der Waals surface area contributed by atoms with Gasteiger partial charge in [0.15, 0.2) is 0 Å². The molecular weight excluding hydrogens is 242 g/mol. The molecule has 0 amide bonds. The van der Waals surface area contributed by atoms with E-state index in [0.717, 1.165) is 18.1 Å². The van der Waals surface area contributed by atoms with Crippen molar-refractivity contribution in [1.82, 2.24) is 5.32 Å². The van der Waals surface area contributed by atoms with Crippen molar-refractivity contribution >= 4 is 11.6 Å². The van der Waals surface area contributed by atoms with Crippen LogP contribution in [0.25, 0.3) is 0 Å². The van der Waals surface area contributed by atoms with Gasteiger partial charge < -0.3 is 5.32 Å². The Kier molecular flexibility index (Phi) is 8.11. The van der Waals surface area contributed by atoms with Crippen LogP contribution >= 0.6 is 11.6 Å². The molecule has 102 valence electrons. The van der Waals surface area contributed by atoms with Crippen LogP contribution in [0.2, 0.25) is 5.02 Å². The van der Waals surface area contributed by atoms with Gasteiger partial charge in [0, 0.05) is 11.6 Å². The number of nitrogens with one attached hydrogen (secondary N) is 1. The maximum atomic E-state index is 6.09. The Hall–Kier alpha value is -0.530. The zero-order chi connectivity index (χ0) is 13.2. The quantitative estimate of drug-likeness (QED) is 0.621. The zero-order valence-corrected chi connectivity index (χ0v) is 12.5. The molecule has 0 heterocycles. The Morgan fingerprint density at radius 3 is 2.67 bits per heavy atom. The summed E-state index contributed by atoms with van der Waals surface area (Å²) in [7, 11) is 0. The molecule has 0 saturated carbocycles. The minimum atomic E-state index is 0.599. The fraction of sp³-hybridized carbons (Fsp3) is 0.625. The third-order valence-electron chi connectivity index (χ3n) is 3.29. The van der Waals surface area contributed by atoms with Crippen molar-refractivity contribution in [2.24, 2.45) is 0 Å². The SMILES string of the molecule is CCCCCC(CNCCC)c1cccc(Cl)c1. The van der Waals surface area contributed by atoms with Crippen LogP contribution < -0.4 is 5.32 Å².